The van der Waals surface area contributed by atoms with Crippen molar-refractivity contribution in [3.8, 4) is 0 Å². The van der Waals surface area contributed by atoms with Gasteiger partial charge in [0.2, 0.25) is 0 Å². The highest BCUT2D eigenvalue weighted by atomic mass is 14.8. The van der Waals surface area contributed by atoms with Crippen molar-refractivity contribution in [2.75, 3.05) is 13.1 Å². The van der Waals surface area contributed by atoms with E-state index < -0.39 is 0 Å². The Kier molecular flexibility index (Phi) is 11.5. The summed E-state index contributed by atoms with van der Waals surface area (Å²) in [5.74, 6) is 0.811. The number of nitrogens with one attached hydrogen (secondary N) is 1. The molecule has 0 radical (unpaired) electrons. The molecule has 1 nitrogen and oxygen atoms in total. The standard InChI is InChI=1S/C16H31N/c1-15(2)11-9-7-5-6-8-10-13-17-14-12-16(3)4/h6,8,16-17H,1,5,7,9-14H2,2-4H3/b8-6-. The molecule has 0 aliphatic heterocycles. The second-order valence-electron chi connectivity index (χ2n) is 5.40. The largest absolute Gasteiger partial charge is 0.316 e. The Balaban J connectivity index is 3.12. The van der Waals surface area contributed by atoms with Gasteiger partial charge in [0.05, 0.1) is 0 Å². The fraction of sp³-hybridized carbons (Fsp3) is 0.750. The first kappa shape index (κ1) is 16.4. The van der Waals surface area contributed by atoms with E-state index >= 15 is 0 Å². The molecule has 0 atom stereocenters. The summed E-state index contributed by atoms with van der Waals surface area (Å²) in [7, 11) is 0. The first-order valence-electron chi connectivity index (χ1n) is 7.13. The summed E-state index contributed by atoms with van der Waals surface area (Å²) in [4.78, 5) is 0. The predicted octanol–water partition coefficient (Wildman–Crippen LogP) is 4.70. The molecule has 1 N–H and O–H groups in total. The van der Waals surface area contributed by atoms with Crippen molar-refractivity contribution in [2.45, 2.75) is 59.3 Å². The Bertz CT molecular complexity index is 204. The fourth-order valence-electron chi connectivity index (χ4n) is 1.63. The van der Waals surface area contributed by atoms with Crippen molar-refractivity contribution < 1.29 is 0 Å². The average molecular weight is 237 g/mol. The molecule has 0 aliphatic rings. The van der Waals surface area contributed by atoms with Gasteiger partial charge in [-0.1, -0.05) is 31.6 Å². The third kappa shape index (κ3) is 15.4. The molecule has 17 heavy (non-hydrogen) atoms. The Hall–Kier alpha value is -0.560. The van der Waals surface area contributed by atoms with E-state index in [0.29, 0.717) is 0 Å². The van der Waals surface area contributed by atoms with E-state index in [1.54, 1.807) is 0 Å². The van der Waals surface area contributed by atoms with Gasteiger partial charge in [0.25, 0.3) is 0 Å². The molecule has 0 spiro atoms. The highest BCUT2D eigenvalue weighted by molar-refractivity contribution is 4.88. The van der Waals surface area contributed by atoms with Crippen LogP contribution in [0.4, 0.5) is 0 Å². The molecule has 0 aromatic carbocycles. The molecule has 0 saturated carbocycles. The second kappa shape index (κ2) is 11.9. The van der Waals surface area contributed by atoms with Crippen LogP contribution >= 0.6 is 0 Å². The van der Waals surface area contributed by atoms with Gasteiger partial charge in [-0.3, -0.25) is 0 Å². The van der Waals surface area contributed by atoms with Gasteiger partial charge in [-0.15, -0.1) is 6.58 Å². The quantitative estimate of drug-likeness (QED) is 0.405. The van der Waals surface area contributed by atoms with Crippen molar-refractivity contribution in [1.29, 1.82) is 0 Å². The maximum Gasteiger partial charge on any atom is -0.00143 e. The van der Waals surface area contributed by atoms with E-state index in [2.05, 4.69) is 44.8 Å². The summed E-state index contributed by atoms with van der Waals surface area (Å²) < 4.78 is 0. The topological polar surface area (TPSA) is 12.0 Å². The van der Waals surface area contributed by atoms with E-state index in [-0.39, 0.29) is 0 Å². The fourth-order valence-corrected chi connectivity index (χ4v) is 1.63. The zero-order chi connectivity index (χ0) is 12.9. The van der Waals surface area contributed by atoms with Crippen LogP contribution in [0.5, 0.6) is 0 Å². The SMILES string of the molecule is C=C(C)CCCC/C=C\CCNCCC(C)C. The molecule has 0 bridgehead atoms. The lowest BCUT2D eigenvalue weighted by molar-refractivity contribution is 0.540. The highest BCUT2D eigenvalue weighted by Crippen LogP contribution is 2.06. The summed E-state index contributed by atoms with van der Waals surface area (Å²) in [6, 6.07) is 0. The van der Waals surface area contributed by atoms with Gasteiger partial charge in [0, 0.05) is 0 Å². The molecule has 0 aromatic rings. The van der Waals surface area contributed by atoms with E-state index in [9.17, 15) is 0 Å². The Labute approximate surface area is 108 Å². The third-order valence-corrected chi connectivity index (χ3v) is 2.78. The first-order chi connectivity index (χ1) is 8.13. The lowest BCUT2D eigenvalue weighted by Gasteiger charge is -2.04. The van der Waals surface area contributed by atoms with E-state index in [0.717, 1.165) is 19.0 Å². The summed E-state index contributed by atoms with van der Waals surface area (Å²) in [6.07, 6.45) is 12.1. The number of hydrogen-bond donors (Lipinski definition) is 1. The molecule has 0 aromatic heterocycles. The molecule has 0 unspecified atom stereocenters. The van der Waals surface area contributed by atoms with Gasteiger partial charge in [0.15, 0.2) is 0 Å². The van der Waals surface area contributed by atoms with Crippen LogP contribution in [0.25, 0.3) is 0 Å². The molecule has 0 saturated heterocycles. The predicted molar refractivity (Wildman–Crippen MR) is 79.4 cm³/mol. The summed E-state index contributed by atoms with van der Waals surface area (Å²) in [5, 5.41) is 3.47. The van der Waals surface area contributed by atoms with Crippen LogP contribution in [-0.2, 0) is 0 Å². The molecule has 0 heterocycles. The van der Waals surface area contributed by atoms with Crippen molar-refractivity contribution >= 4 is 0 Å². The Morgan fingerprint density at radius 1 is 1.12 bits per heavy atom. The molecular formula is C16H31N. The van der Waals surface area contributed by atoms with E-state index in [4.69, 9.17) is 0 Å². The van der Waals surface area contributed by atoms with Crippen LogP contribution in [0.3, 0.4) is 0 Å². The van der Waals surface area contributed by atoms with Crippen LogP contribution < -0.4 is 5.32 Å². The number of hydrogen-bond acceptors (Lipinski definition) is 1. The molecule has 0 fully saturated rings. The molecule has 1 heteroatoms. The van der Waals surface area contributed by atoms with Crippen LogP contribution in [0.15, 0.2) is 24.3 Å². The van der Waals surface area contributed by atoms with Crippen molar-refractivity contribution in [3.05, 3.63) is 24.3 Å². The second-order valence-corrected chi connectivity index (χ2v) is 5.40. The lowest BCUT2D eigenvalue weighted by Crippen LogP contribution is -2.17. The zero-order valence-corrected chi connectivity index (χ0v) is 12.1. The van der Waals surface area contributed by atoms with Crippen LogP contribution in [0.1, 0.15) is 59.3 Å². The van der Waals surface area contributed by atoms with Crippen LogP contribution in [0, 0.1) is 5.92 Å². The Morgan fingerprint density at radius 2 is 1.82 bits per heavy atom. The minimum absolute atomic E-state index is 0.811. The van der Waals surface area contributed by atoms with Gasteiger partial charge < -0.3 is 5.32 Å². The van der Waals surface area contributed by atoms with Gasteiger partial charge in [-0.2, -0.15) is 0 Å². The van der Waals surface area contributed by atoms with Crippen LogP contribution in [0.2, 0.25) is 0 Å². The smallest absolute Gasteiger partial charge is 0.00143 e. The molecule has 0 rings (SSSR count). The van der Waals surface area contributed by atoms with Gasteiger partial charge >= 0.3 is 0 Å². The minimum atomic E-state index is 0.811. The summed E-state index contributed by atoms with van der Waals surface area (Å²) in [6.45, 7) is 12.8. The number of rotatable bonds is 11. The molecule has 0 amide bonds. The maximum absolute atomic E-state index is 3.92. The number of allylic oxidation sites excluding steroid dienone is 2. The maximum atomic E-state index is 3.92. The van der Waals surface area contributed by atoms with Gasteiger partial charge in [-0.05, 0) is 64.5 Å². The minimum Gasteiger partial charge on any atom is -0.316 e. The van der Waals surface area contributed by atoms with E-state index in [1.165, 1.54) is 44.1 Å². The first-order valence-corrected chi connectivity index (χ1v) is 7.13. The average Bonchev–Trinajstić information content (AvgIpc) is 2.25. The zero-order valence-electron chi connectivity index (χ0n) is 12.1. The normalized spacial score (nSPS) is 11.5. The molecule has 100 valence electrons. The van der Waals surface area contributed by atoms with E-state index in [1.807, 2.05) is 0 Å². The molecular weight excluding hydrogens is 206 g/mol. The van der Waals surface area contributed by atoms with Crippen LogP contribution in [-0.4, -0.2) is 13.1 Å². The van der Waals surface area contributed by atoms with Crippen molar-refractivity contribution in [1.82, 2.24) is 5.32 Å². The van der Waals surface area contributed by atoms with Crippen molar-refractivity contribution in [3.63, 3.8) is 0 Å². The van der Waals surface area contributed by atoms with Gasteiger partial charge in [0.1, 0.15) is 0 Å². The highest BCUT2D eigenvalue weighted by Gasteiger charge is 1.91. The number of unbranched alkanes of at least 4 members (excludes halogenated alkanes) is 2. The summed E-state index contributed by atoms with van der Waals surface area (Å²) >= 11 is 0. The lowest BCUT2D eigenvalue weighted by atomic mass is 10.1. The monoisotopic (exact) mass is 237 g/mol. The summed E-state index contributed by atoms with van der Waals surface area (Å²) in [5.41, 5.74) is 1.31. The third-order valence-electron chi connectivity index (χ3n) is 2.78. The van der Waals surface area contributed by atoms with Gasteiger partial charge in [-0.25, -0.2) is 0 Å². The molecule has 0 aliphatic carbocycles. The van der Waals surface area contributed by atoms with Crippen molar-refractivity contribution in [2.24, 2.45) is 5.92 Å². The Morgan fingerprint density at radius 3 is 2.47 bits per heavy atom.